The van der Waals surface area contributed by atoms with E-state index < -0.39 is 0 Å². The molecule has 0 radical (unpaired) electrons. The number of amides is 2. The normalized spacial score (nSPS) is 15.2. The van der Waals surface area contributed by atoms with E-state index in [1.165, 1.54) is 16.9 Å². The maximum atomic E-state index is 13.0. The summed E-state index contributed by atoms with van der Waals surface area (Å²) in [6.45, 7) is 0.804. The van der Waals surface area contributed by atoms with Crippen molar-refractivity contribution in [3.63, 3.8) is 0 Å². The van der Waals surface area contributed by atoms with Crippen LogP contribution in [0, 0.1) is 5.92 Å². The number of methoxy groups -OCH3 is 1. The van der Waals surface area contributed by atoms with Gasteiger partial charge in [-0.25, -0.2) is 4.98 Å². The van der Waals surface area contributed by atoms with Crippen LogP contribution in [0.3, 0.4) is 0 Å². The van der Waals surface area contributed by atoms with E-state index in [4.69, 9.17) is 9.72 Å². The Morgan fingerprint density at radius 1 is 1.19 bits per heavy atom. The molecular formula is C25H25N3O3S. The van der Waals surface area contributed by atoms with Crippen LogP contribution in [0.1, 0.15) is 35.2 Å². The van der Waals surface area contributed by atoms with Crippen molar-refractivity contribution in [3.8, 4) is 17.0 Å². The lowest BCUT2D eigenvalue weighted by molar-refractivity contribution is -0.119. The Labute approximate surface area is 191 Å². The van der Waals surface area contributed by atoms with E-state index in [0.717, 1.165) is 49.2 Å². The number of aryl methyl sites for hydroxylation is 1. The second-order valence-electron chi connectivity index (χ2n) is 8.29. The van der Waals surface area contributed by atoms with Gasteiger partial charge in [-0.05, 0) is 55.5 Å². The van der Waals surface area contributed by atoms with E-state index >= 15 is 0 Å². The topological polar surface area (TPSA) is 62.7 Å². The highest BCUT2D eigenvalue weighted by Crippen LogP contribution is 2.38. The predicted octanol–water partition coefficient (Wildman–Crippen LogP) is 4.78. The van der Waals surface area contributed by atoms with Crippen LogP contribution in [0.5, 0.6) is 5.75 Å². The molecule has 3 aromatic rings. The number of nitrogens with zero attached hydrogens (tertiary/aromatic N) is 3. The Bertz CT molecular complexity index is 1180. The number of rotatable bonds is 5. The van der Waals surface area contributed by atoms with Gasteiger partial charge in [0.25, 0.3) is 5.91 Å². The van der Waals surface area contributed by atoms with Crippen molar-refractivity contribution < 1.29 is 14.3 Å². The van der Waals surface area contributed by atoms with E-state index in [-0.39, 0.29) is 17.7 Å². The van der Waals surface area contributed by atoms with Gasteiger partial charge in [0.05, 0.1) is 18.4 Å². The maximum absolute atomic E-state index is 13.0. The average Bonchev–Trinajstić information content (AvgIpc) is 3.58. The van der Waals surface area contributed by atoms with Crippen molar-refractivity contribution in [3.05, 3.63) is 59.0 Å². The summed E-state index contributed by atoms with van der Waals surface area (Å²) in [6.07, 6.45) is 3.98. The number of benzene rings is 2. The highest BCUT2D eigenvalue weighted by atomic mass is 32.1. The minimum absolute atomic E-state index is 0.164. The molecule has 2 amide bonds. The fourth-order valence-corrected chi connectivity index (χ4v) is 4.97. The predicted molar refractivity (Wildman–Crippen MR) is 127 cm³/mol. The molecule has 0 unspecified atom stereocenters. The highest BCUT2D eigenvalue weighted by molar-refractivity contribution is 7.14. The summed E-state index contributed by atoms with van der Waals surface area (Å²) in [5, 5.41) is 2.60. The Hall–Kier alpha value is -3.19. The van der Waals surface area contributed by atoms with Crippen LogP contribution in [0.4, 0.5) is 10.8 Å². The van der Waals surface area contributed by atoms with Crippen LogP contribution >= 0.6 is 11.3 Å². The number of anilines is 2. The number of thiazole rings is 1. The van der Waals surface area contributed by atoms with Gasteiger partial charge in [0.15, 0.2) is 5.13 Å². The number of aromatic nitrogens is 1. The first-order chi connectivity index (χ1) is 15.6. The number of hydrogen-bond acceptors (Lipinski definition) is 5. The summed E-state index contributed by atoms with van der Waals surface area (Å²) >= 11 is 1.43. The molecule has 1 aromatic heterocycles. The minimum Gasteiger partial charge on any atom is -0.496 e. The van der Waals surface area contributed by atoms with Crippen LogP contribution in [0.15, 0.2) is 47.8 Å². The van der Waals surface area contributed by atoms with E-state index in [9.17, 15) is 9.59 Å². The summed E-state index contributed by atoms with van der Waals surface area (Å²) in [4.78, 5) is 33.9. The molecule has 1 aliphatic heterocycles. The summed E-state index contributed by atoms with van der Waals surface area (Å²) in [5.74, 6) is 0.869. The summed E-state index contributed by atoms with van der Waals surface area (Å²) < 4.78 is 5.33. The summed E-state index contributed by atoms with van der Waals surface area (Å²) in [5.41, 5.74) is 4.57. The lowest BCUT2D eigenvalue weighted by atomic mass is 9.98. The number of hydrogen-bond donors (Lipinski definition) is 0. The van der Waals surface area contributed by atoms with Crippen LogP contribution < -0.4 is 14.5 Å². The van der Waals surface area contributed by atoms with Crippen molar-refractivity contribution in [2.24, 2.45) is 5.92 Å². The maximum Gasteiger partial charge on any atom is 0.263 e. The fourth-order valence-electron chi connectivity index (χ4n) is 4.18. The molecule has 32 heavy (non-hydrogen) atoms. The van der Waals surface area contributed by atoms with Gasteiger partial charge in [-0.1, -0.05) is 18.2 Å². The van der Waals surface area contributed by atoms with Crippen LogP contribution in [-0.2, 0) is 11.2 Å². The summed E-state index contributed by atoms with van der Waals surface area (Å²) in [6, 6.07) is 13.4. The summed E-state index contributed by atoms with van der Waals surface area (Å²) in [7, 11) is 3.29. The van der Waals surface area contributed by atoms with Gasteiger partial charge in [-0.3, -0.25) is 14.5 Å². The van der Waals surface area contributed by atoms with Crippen LogP contribution in [0.2, 0.25) is 0 Å². The Kier molecular flexibility index (Phi) is 5.43. The molecule has 0 spiro atoms. The first-order valence-electron chi connectivity index (χ1n) is 10.9. The molecule has 0 saturated heterocycles. The Morgan fingerprint density at radius 3 is 2.78 bits per heavy atom. The molecule has 0 N–H and O–H groups in total. The third-order valence-electron chi connectivity index (χ3n) is 6.11. The molecule has 2 aliphatic rings. The molecule has 164 valence electrons. The second kappa shape index (κ2) is 8.39. The lowest BCUT2D eigenvalue weighted by Gasteiger charge is -2.30. The quantitative estimate of drug-likeness (QED) is 0.564. The fraction of sp³-hybridized carbons (Fsp3) is 0.320. The Morgan fingerprint density at radius 2 is 2.00 bits per heavy atom. The third kappa shape index (κ3) is 3.77. The van der Waals surface area contributed by atoms with Crippen molar-refractivity contribution in [2.45, 2.75) is 25.7 Å². The first kappa shape index (κ1) is 20.7. The van der Waals surface area contributed by atoms with Gasteiger partial charge in [-0.2, -0.15) is 0 Å². The highest BCUT2D eigenvalue weighted by Gasteiger charge is 2.35. The molecular weight excluding hydrogens is 422 g/mol. The monoisotopic (exact) mass is 447 g/mol. The number of ether oxygens (including phenoxy) is 1. The molecule has 5 rings (SSSR count). The zero-order valence-corrected chi connectivity index (χ0v) is 19.0. The Balaban J connectivity index is 1.39. The van der Waals surface area contributed by atoms with Crippen molar-refractivity contribution >= 4 is 34.0 Å². The van der Waals surface area contributed by atoms with Crippen LogP contribution in [-0.4, -0.2) is 37.5 Å². The van der Waals surface area contributed by atoms with Gasteiger partial charge < -0.3 is 9.64 Å². The molecule has 1 aliphatic carbocycles. The van der Waals surface area contributed by atoms with Gasteiger partial charge >= 0.3 is 0 Å². The molecule has 2 aromatic carbocycles. The molecule has 7 heteroatoms. The van der Waals surface area contributed by atoms with Gasteiger partial charge in [-0.15, -0.1) is 11.3 Å². The molecule has 2 heterocycles. The molecule has 0 bridgehead atoms. The minimum atomic E-state index is -0.164. The molecule has 1 saturated carbocycles. The molecule has 1 fully saturated rings. The van der Waals surface area contributed by atoms with Gasteiger partial charge in [0.1, 0.15) is 5.75 Å². The number of fused-ring (bicyclic) bond motifs is 1. The van der Waals surface area contributed by atoms with E-state index in [0.29, 0.717) is 16.4 Å². The van der Waals surface area contributed by atoms with Crippen molar-refractivity contribution in [2.75, 3.05) is 30.5 Å². The van der Waals surface area contributed by atoms with Gasteiger partial charge in [0, 0.05) is 36.1 Å². The van der Waals surface area contributed by atoms with Gasteiger partial charge in [0.2, 0.25) is 5.91 Å². The van der Waals surface area contributed by atoms with E-state index in [1.54, 1.807) is 31.2 Å². The van der Waals surface area contributed by atoms with E-state index in [2.05, 4.69) is 6.07 Å². The number of carbonyl (C=O) groups is 2. The molecule has 0 atom stereocenters. The SMILES string of the molecule is COc1ccccc1C(=O)N(C)c1nc(-c2ccc3c(c2)CCCN3C(=O)C2CC2)cs1. The number of para-hydroxylation sites is 1. The van der Waals surface area contributed by atoms with Crippen molar-refractivity contribution in [1.29, 1.82) is 0 Å². The average molecular weight is 448 g/mol. The standard InChI is InChI=1S/C25H25N3O3S/c1-27(24(30)19-7-3-4-8-22(19)31-2)25-26-20(15-32-25)17-11-12-21-18(14-17)6-5-13-28(21)23(29)16-9-10-16/h3-4,7-8,11-12,14-16H,5-6,9-10,13H2,1-2H3. The zero-order valence-electron chi connectivity index (χ0n) is 18.2. The number of carbonyl (C=O) groups excluding carboxylic acids is 2. The first-order valence-corrected chi connectivity index (χ1v) is 11.8. The zero-order chi connectivity index (χ0) is 22.2. The van der Waals surface area contributed by atoms with Crippen molar-refractivity contribution in [1.82, 2.24) is 4.98 Å². The third-order valence-corrected chi connectivity index (χ3v) is 7.02. The largest absolute Gasteiger partial charge is 0.496 e. The van der Waals surface area contributed by atoms with Crippen LogP contribution in [0.25, 0.3) is 11.3 Å². The van der Waals surface area contributed by atoms with E-state index in [1.807, 2.05) is 34.5 Å². The molecule has 6 nitrogen and oxygen atoms in total. The second-order valence-corrected chi connectivity index (χ2v) is 9.13. The smallest absolute Gasteiger partial charge is 0.263 e. The lowest BCUT2D eigenvalue weighted by Crippen LogP contribution is -2.36.